The standard InChI is InChI=1S/C31H28BN3OS2/c1-5-30(33-6-2)35-31(21-26(34-35)24-15-8-7-9-16-24)36-32(23(4)37-27-18-12-10-14-22(27)3)29-20-25-17-11-13-19-28(25)38-29/h5-21H,4H2,1-3H3/b30-5+,33-6-. The van der Waals surface area contributed by atoms with Crippen molar-refractivity contribution in [2.24, 2.45) is 4.99 Å². The van der Waals surface area contributed by atoms with Gasteiger partial charge in [0.25, 0.3) is 0 Å². The highest BCUT2D eigenvalue weighted by Gasteiger charge is 2.30. The SMILES string of the molecule is C=C(Sc1ccccc1C)B(Oc1cc(-c2ccccc2)nn1C(=C/C)/N=C\C)c1cc2ccccc2s1. The maximum absolute atomic E-state index is 6.84. The molecule has 2 aromatic heterocycles. The van der Waals surface area contributed by atoms with Crippen LogP contribution in [-0.4, -0.2) is 22.9 Å². The van der Waals surface area contributed by atoms with E-state index < -0.39 is 0 Å². The second-order valence-electron chi connectivity index (χ2n) is 8.70. The van der Waals surface area contributed by atoms with Crippen LogP contribution in [0.2, 0.25) is 0 Å². The fourth-order valence-electron chi connectivity index (χ4n) is 4.15. The molecule has 0 bridgehead atoms. The molecule has 4 nitrogen and oxygen atoms in total. The van der Waals surface area contributed by atoms with Gasteiger partial charge in [0.05, 0.1) is 5.69 Å². The average Bonchev–Trinajstić information content (AvgIpc) is 3.56. The number of thiophene rings is 1. The number of fused-ring (bicyclic) bond motifs is 1. The number of aryl methyl sites for hydroxylation is 1. The molecule has 3 aromatic carbocycles. The third-order valence-corrected chi connectivity index (χ3v) is 8.37. The molecule has 0 amide bonds. The zero-order chi connectivity index (χ0) is 26.5. The predicted octanol–water partition coefficient (Wildman–Crippen LogP) is 8.10. The molecule has 5 rings (SSSR count). The van der Waals surface area contributed by atoms with Gasteiger partial charge in [-0.15, -0.1) is 23.1 Å². The number of aliphatic imine (C=N–C) groups is 1. The summed E-state index contributed by atoms with van der Waals surface area (Å²) in [6, 6.07) is 31.1. The van der Waals surface area contributed by atoms with Crippen LogP contribution in [0, 0.1) is 6.92 Å². The van der Waals surface area contributed by atoms with E-state index in [0.29, 0.717) is 11.7 Å². The fraction of sp³-hybridized carbons (Fsp3) is 0.0968. The van der Waals surface area contributed by atoms with Gasteiger partial charge in [-0.05, 0) is 56.0 Å². The van der Waals surface area contributed by atoms with Crippen molar-refractivity contribution in [3.05, 3.63) is 114 Å². The lowest BCUT2D eigenvalue weighted by Gasteiger charge is -2.18. The molecular weight excluding hydrogens is 505 g/mol. The van der Waals surface area contributed by atoms with Gasteiger partial charge in [-0.2, -0.15) is 9.78 Å². The number of hydrogen-bond acceptors (Lipinski definition) is 5. The first kappa shape index (κ1) is 25.8. The molecule has 0 unspecified atom stereocenters. The summed E-state index contributed by atoms with van der Waals surface area (Å²) in [4.78, 5) is 6.62. The first-order chi connectivity index (χ1) is 18.6. The number of nitrogens with zero attached hydrogens (tertiary/aromatic N) is 3. The molecule has 0 atom stereocenters. The molecule has 0 spiro atoms. The molecule has 7 heteroatoms. The van der Waals surface area contributed by atoms with E-state index >= 15 is 0 Å². The third-order valence-electron chi connectivity index (χ3n) is 6.05. The molecule has 0 saturated carbocycles. The molecule has 0 saturated heterocycles. The number of rotatable bonds is 9. The Kier molecular flexibility index (Phi) is 7.96. The normalized spacial score (nSPS) is 11.8. The number of allylic oxidation sites excluding steroid dienone is 1. The Hall–Kier alpha value is -3.81. The second kappa shape index (κ2) is 11.7. The minimum atomic E-state index is -0.389. The van der Waals surface area contributed by atoms with Gasteiger partial charge in [0.15, 0.2) is 5.82 Å². The number of hydrogen-bond donors (Lipinski definition) is 0. The Morgan fingerprint density at radius 2 is 1.74 bits per heavy atom. The largest absolute Gasteiger partial charge is 0.537 e. The summed E-state index contributed by atoms with van der Waals surface area (Å²) in [5.41, 5.74) is 3.04. The van der Waals surface area contributed by atoms with E-state index in [-0.39, 0.29) is 6.92 Å². The highest BCUT2D eigenvalue weighted by atomic mass is 32.2. The van der Waals surface area contributed by atoms with Crippen molar-refractivity contribution < 1.29 is 4.65 Å². The van der Waals surface area contributed by atoms with Crippen molar-refractivity contribution in [2.45, 2.75) is 25.7 Å². The van der Waals surface area contributed by atoms with Crippen LogP contribution in [0.3, 0.4) is 0 Å². The van der Waals surface area contributed by atoms with E-state index in [2.05, 4.69) is 73.1 Å². The maximum Gasteiger partial charge on any atom is 0.444 e. The van der Waals surface area contributed by atoms with Crippen LogP contribution in [-0.2, 0) is 0 Å². The van der Waals surface area contributed by atoms with Gasteiger partial charge >= 0.3 is 6.92 Å². The minimum Gasteiger partial charge on any atom is -0.537 e. The van der Waals surface area contributed by atoms with Crippen LogP contribution in [0.1, 0.15) is 19.4 Å². The Labute approximate surface area is 232 Å². The summed E-state index contributed by atoms with van der Waals surface area (Å²) in [5.74, 6) is 1.30. The summed E-state index contributed by atoms with van der Waals surface area (Å²) in [6.45, 7) is 10.1. The number of thioether (sulfide) groups is 1. The summed E-state index contributed by atoms with van der Waals surface area (Å²) >= 11 is 3.38. The Bertz CT molecular complexity index is 1600. The van der Waals surface area contributed by atoms with E-state index in [4.69, 9.17) is 9.75 Å². The molecule has 0 fully saturated rings. The van der Waals surface area contributed by atoms with Gasteiger partial charge in [0, 0.05) is 37.0 Å². The average molecular weight is 534 g/mol. The van der Waals surface area contributed by atoms with Crippen LogP contribution in [0.4, 0.5) is 0 Å². The molecule has 2 heterocycles. The van der Waals surface area contributed by atoms with E-state index in [9.17, 15) is 0 Å². The van der Waals surface area contributed by atoms with Crippen molar-refractivity contribution in [1.29, 1.82) is 0 Å². The highest BCUT2D eigenvalue weighted by molar-refractivity contribution is 8.05. The van der Waals surface area contributed by atoms with E-state index in [0.717, 1.165) is 25.7 Å². The van der Waals surface area contributed by atoms with Crippen molar-refractivity contribution in [1.82, 2.24) is 9.78 Å². The van der Waals surface area contributed by atoms with Gasteiger partial charge in [0.1, 0.15) is 0 Å². The van der Waals surface area contributed by atoms with Gasteiger partial charge in [0.2, 0.25) is 5.88 Å². The van der Waals surface area contributed by atoms with E-state index in [1.54, 1.807) is 34.0 Å². The lowest BCUT2D eigenvalue weighted by Crippen LogP contribution is -2.36. The first-order valence-corrected chi connectivity index (χ1v) is 14.1. The summed E-state index contributed by atoms with van der Waals surface area (Å²) < 4.78 is 10.9. The first-order valence-electron chi connectivity index (χ1n) is 12.5. The van der Waals surface area contributed by atoms with Crippen LogP contribution < -0.4 is 9.43 Å². The van der Waals surface area contributed by atoms with Crippen LogP contribution in [0.15, 0.2) is 118 Å². The molecule has 38 heavy (non-hydrogen) atoms. The Morgan fingerprint density at radius 3 is 2.47 bits per heavy atom. The summed E-state index contributed by atoms with van der Waals surface area (Å²) in [7, 11) is 0. The van der Waals surface area contributed by atoms with Gasteiger partial charge in [-0.1, -0.05) is 73.3 Å². The van der Waals surface area contributed by atoms with Gasteiger partial charge in [-0.25, -0.2) is 4.99 Å². The second-order valence-corrected chi connectivity index (χ2v) is 11.0. The van der Waals surface area contributed by atoms with Crippen molar-refractivity contribution in [3.8, 4) is 17.1 Å². The molecule has 0 radical (unpaired) electrons. The fourth-order valence-corrected chi connectivity index (χ4v) is 6.29. The Balaban J connectivity index is 1.60. The van der Waals surface area contributed by atoms with Gasteiger partial charge in [-0.3, -0.25) is 0 Å². The summed E-state index contributed by atoms with van der Waals surface area (Å²) in [5, 5.41) is 6.09. The molecule has 0 aliphatic heterocycles. The van der Waals surface area contributed by atoms with Gasteiger partial charge < -0.3 is 4.65 Å². The molecule has 0 aliphatic carbocycles. The smallest absolute Gasteiger partial charge is 0.444 e. The minimum absolute atomic E-state index is 0.389. The Morgan fingerprint density at radius 1 is 1.00 bits per heavy atom. The van der Waals surface area contributed by atoms with Crippen molar-refractivity contribution >= 4 is 56.9 Å². The zero-order valence-corrected chi connectivity index (χ0v) is 23.3. The van der Waals surface area contributed by atoms with Crippen molar-refractivity contribution in [2.75, 3.05) is 0 Å². The maximum atomic E-state index is 6.84. The summed E-state index contributed by atoms with van der Waals surface area (Å²) in [6.07, 6.45) is 3.69. The van der Waals surface area contributed by atoms with Crippen LogP contribution >= 0.6 is 23.1 Å². The molecule has 5 aromatic rings. The molecule has 188 valence electrons. The number of benzene rings is 3. The predicted molar refractivity (Wildman–Crippen MR) is 166 cm³/mol. The highest BCUT2D eigenvalue weighted by Crippen LogP contribution is 2.34. The van der Waals surface area contributed by atoms with Crippen LogP contribution in [0.5, 0.6) is 5.88 Å². The molecule has 0 N–H and O–H groups in total. The third kappa shape index (κ3) is 5.54. The molecule has 0 aliphatic rings. The zero-order valence-electron chi connectivity index (χ0n) is 21.7. The van der Waals surface area contributed by atoms with E-state index in [1.165, 1.54) is 15.6 Å². The topological polar surface area (TPSA) is 39.4 Å². The van der Waals surface area contributed by atoms with E-state index in [1.807, 2.05) is 56.3 Å². The molecular formula is C31H28BN3OS2. The van der Waals surface area contributed by atoms with Crippen LogP contribution in [0.25, 0.3) is 27.2 Å². The quantitative estimate of drug-likeness (QED) is 0.109. The van der Waals surface area contributed by atoms with Crippen molar-refractivity contribution in [3.63, 3.8) is 0 Å². The number of aromatic nitrogens is 2. The monoisotopic (exact) mass is 533 g/mol. The lowest BCUT2D eigenvalue weighted by molar-refractivity contribution is 0.537. The lowest BCUT2D eigenvalue weighted by atomic mass is 9.66.